The smallest absolute Gasteiger partial charge is 0.303 e. The molecule has 0 amide bonds. The van der Waals surface area contributed by atoms with Crippen molar-refractivity contribution in [2.24, 2.45) is 5.92 Å². The zero-order valence-electron chi connectivity index (χ0n) is 7.31. The lowest BCUT2D eigenvalue weighted by Crippen LogP contribution is -1.98. The van der Waals surface area contributed by atoms with Gasteiger partial charge in [0.25, 0.3) is 0 Å². The Kier molecular flexibility index (Phi) is 5.28. The summed E-state index contributed by atoms with van der Waals surface area (Å²) >= 11 is 0. The lowest BCUT2D eigenvalue weighted by molar-refractivity contribution is -0.139. The van der Waals surface area contributed by atoms with Crippen LogP contribution in [0.15, 0.2) is 0 Å². The lowest BCUT2D eigenvalue weighted by Gasteiger charge is -1.95. The third-order valence-corrected chi connectivity index (χ3v) is 1.31. The molecular weight excluding hydrogens is 140 g/mol. The summed E-state index contributed by atoms with van der Waals surface area (Å²) in [4.78, 5) is 10.3. The maximum Gasteiger partial charge on any atom is 0.303 e. The van der Waals surface area contributed by atoms with Gasteiger partial charge < -0.3 is 4.74 Å². The summed E-state index contributed by atoms with van der Waals surface area (Å²) in [5.41, 5.74) is 0. The van der Waals surface area contributed by atoms with E-state index in [-0.39, 0.29) is 12.6 Å². The molecule has 0 spiro atoms. The highest BCUT2D eigenvalue weighted by molar-refractivity contribution is 5.66. The molecule has 0 aliphatic carbocycles. The van der Waals surface area contributed by atoms with Gasteiger partial charge in [0.1, 0.15) is 0 Å². The van der Waals surface area contributed by atoms with Gasteiger partial charge in [-0.15, -0.1) is 0 Å². The van der Waals surface area contributed by atoms with E-state index in [0.29, 0.717) is 5.92 Å². The molecule has 1 unspecified atom stereocenters. The third-order valence-electron chi connectivity index (χ3n) is 1.31. The molecule has 0 saturated heterocycles. The summed E-state index contributed by atoms with van der Waals surface area (Å²) in [6.45, 7) is 5.72. The molecule has 0 fully saturated rings. The largest absolute Gasteiger partial charge is 0.453 e. The number of esters is 1. The second kappa shape index (κ2) is 5.79. The van der Waals surface area contributed by atoms with Crippen LogP contribution in [0.25, 0.3) is 0 Å². The number of carbonyl (C=O) groups excluding carboxylic acids is 1. The lowest BCUT2D eigenvalue weighted by atomic mass is 10.1. The van der Waals surface area contributed by atoms with Crippen molar-refractivity contribution in [1.82, 2.24) is 0 Å². The summed E-state index contributed by atoms with van der Waals surface area (Å²) in [6.07, 6.45) is 1.03. The van der Waals surface area contributed by atoms with Crippen molar-refractivity contribution in [2.75, 3.05) is 6.61 Å². The normalized spacial score (nSPS) is 11.2. The fourth-order valence-electron chi connectivity index (χ4n) is 0.456. The molecule has 1 atom stereocenters. The van der Waals surface area contributed by atoms with Crippen molar-refractivity contribution < 1.29 is 9.53 Å². The van der Waals surface area contributed by atoms with E-state index in [4.69, 9.17) is 0 Å². The van der Waals surface area contributed by atoms with Crippen molar-refractivity contribution in [3.05, 3.63) is 0 Å². The second-order valence-electron chi connectivity index (χ2n) is 2.41. The zero-order chi connectivity index (χ0) is 8.69. The van der Waals surface area contributed by atoms with E-state index >= 15 is 0 Å². The van der Waals surface area contributed by atoms with Gasteiger partial charge in [-0.1, -0.05) is 25.7 Å². The predicted octanol–water partition coefficient (Wildman–Crippen LogP) is 1.60. The highest BCUT2D eigenvalue weighted by Crippen LogP contribution is 1.95. The Morgan fingerprint density at radius 2 is 2.27 bits per heavy atom. The fourth-order valence-corrected chi connectivity index (χ4v) is 0.456. The first-order chi connectivity index (χ1) is 5.16. The van der Waals surface area contributed by atoms with Crippen LogP contribution < -0.4 is 0 Å². The van der Waals surface area contributed by atoms with E-state index in [9.17, 15) is 4.79 Å². The topological polar surface area (TPSA) is 26.3 Å². The van der Waals surface area contributed by atoms with E-state index in [0.717, 1.165) is 6.42 Å². The Labute approximate surface area is 67.9 Å². The van der Waals surface area contributed by atoms with Crippen LogP contribution in [-0.2, 0) is 9.53 Å². The Morgan fingerprint density at radius 3 is 2.73 bits per heavy atom. The first kappa shape index (κ1) is 10.0. The van der Waals surface area contributed by atoms with Crippen molar-refractivity contribution in [2.45, 2.75) is 27.2 Å². The summed E-state index contributed by atoms with van der Waals surface area (Å²) in [5, 5.41) is 0. The maximum atomic E-state index is 10.3. The second-order valence-corrected chi connectivity index (χ2v) is 2.41. The fraction of sp³-hybridized carbons (Fsp3) is 0.667. The van der Waals surface area contributed by atoms with Crippen molar-refractivity contribution in [3.8, 4) is 11.8 Å². The minimum absolute atomic E-state index is 0.222. The zero-order valence-corrected chi connectivity index (χ0v) is 7.31. The van der Waals surface area contributed by atoms with Crippen molar-refractivity contribution in [3.63, 3.8) is 0 Å². The summed E-state index contributed by atoms with van der Waals surface area (Å²) < 4.78 is 4.62. The summed E-state index contributed by atoms with van der Waals surface area (Å²) in [7, 11) is 0. The van der Waals surface area contributed by atoms with Crippen LogP contribution in [-0.4, -0.2) is 12.6 Å². The third kappa shape index (κ3) is 6.92. The molecule has 0 aromatic rings. The Balaban J connectivity index is 3.47. The molecule has 0 radical (unpaired) electrons. The first-order valence-electron chi connectivity index (χ1n) is 3.78. The first-order valence-corrected chi connectivity index (χ1v) is 3.78. The van der Waals surface area contributed by atoms with Gasteiger partial charge in [-0.2, -0.15) is 0 Å². The molecule has 0 aliphatic heterocycles. The van der Waals surface area contributed by atoms with Gasteiger partial charge in [0, 0.05) is 12.8 Å². The van der Waals surface area contributed by atoms with Gasteiger partial charge in [0.05, 0.1) is 0 Å². The minimum atomic E-state index is -0.275. The van der Waals surface area contributed by atoms with Crippen LogP contribution in [0.5, 0.6) is 0 Å². The molecule has 0 aliphatic rings. The molecular formula is C9H14O2. The highest BCUT2D eigenvalue weighted by atomic mass is 16.5. The van der Waals surface area contributed by atoms with Gasteiger partial charge in [-0.3, -0.25) is 4.79 Å². The molecule has 0 N–H and O–H groups in total. The van der Waals surface area contributed by atoms with E-state index in [1.807, 2.05) is 6.92 Å². The van der Waals surface area contributed by atoms with Gasteiger partial charge >= 0.3 is 5.97 Å². The monoisotopic (exact) mass is 154 g/mol. The quantitative estimate of drug-likeness (QED) is 0.446. The molecule has 62 valence electrons. The van der Waals surface area contributed by atoms with Crippen LogP contribution in [0.2, 0.25) is 0 Å². The van der Waals surface area contributed by atoms with Crippen LogP contribution in [0.1, 0.15) is 27.2 Å². The van der Waals surface area contributed by atoms with Gasteiger partial charge in [-0.25, -0.2) is 0 Å². The molecule has 0 saturated carbocycles. The summed E-state index contributed by atoms with van der Waals surface area (Å²) in [5.74, 6) is 5.85. The van der Waals surface area contributed by atoms with Crippen LogP contribution >= 0.6 is 0 Å². The van der Waals surface area contributed by atoms with Gasteiger partial charge in [0.15, 0.2) is 6.61 Å². The highest BCUT2D eigenvalue weighted by Gasteiger charge is 1.89. The van der Waals surface area contributed by atoms with Crippen molar-refractivity contribution >= 4 is 5.97 Å². The molecule has 0 aromatic carbocycles. The van der Waals surface area contributed by atoms with E-state index < -0.39 is 0 Å². The standard InChI is InChI=1S/C9H14O2/c1-4-8(2)6-5-7-11-9(3)10/h8H,4,7H2,1-3H3. The Morgan fingerprint density at radius 1 is 1.64 bits per heavy atom. The maximum absolute atomic E-state index is 10.3. The number of carbonyl (C=O) groups is 1. The average Bonchev–Trinajstić information content (AvgIpc) is 1.97. The minimum Gasteiger partial charge on any atom is -0.453 e. The number of rotatable bonds is 2. The van der Waals surface area contributed by atoms with E-state index in [2.05, 4.69) is 23.5 Å². The van der Waals surface area contributed by atoms with E-state index in [1.54, 1.807) is 0 Å². The SMILES string of the molecule is CCC(C)C#CCOC(C)=O. The van der Waals surface area contributed by atoms with Crippen molar-refractivity contribution in [1.29, 1.82) is 0 Å². The molecule has 0 rings (SSSR count). The Hall–Kier alpha value is -0.970. The van der Waals surface area contributed by atoms with E-state index in [1.165, 1.54) is 6.92 Å². The summed E-state index contributed by atoms with van der Waals surface area (Å²) in [6, 6.07) is 0. The predicted molar refractivity (Wildman–Crippen MR) is 43.9 cm³/mol. The molecule has 0 heterocycles. The number of hydrogen-bond acceptors (Lipinski definition) is 2. The molecule has 11 heavy (non-hydrogen) atoms. The van der Waals surface area contributed by atoms with Crippen LogP contribution in [0.4, 0.5) is 0 Å². The molecule has 2 heteroatoms. The molecule has 0 aromatic heterocycles. The van der Waals surface area contributed by atoms with Gasteiger partial charge in [0.2, 0.25) is 0 Å². The molecule has 0 bridgehead atoms. The Bertz CT molecular complexity index is 174. The average molecular weight is 154 g/mol. The van der Waals surface area contributed by atoms with Crippen LogP contribution in [0, 0.1) is 17.8 Å². The number of hydrogen-bond donors (Lipinski definition) is 0. The number of ether oxygens (including phenoxy) is 1. The molecule has 2 nitrogen and oxygen atoms in total. The van der Waals surface area contributed by atoms with Gasteiger partial charge in [-0.05, 0) is 6.42 Å². The van der Waals surface area contributed by atoms with Crippen LogP contribution in [0.3, 0.4) is 0 Å².